The molecular formula is C24H28N6O2S. The van der Waals surface area contributed by atoms with E-state index in [9.17, 15) is 9.59 Å². The number of thioether (sulfide) groups is 1. The first-order chi connectivity index (χ1) is 16.0. The minimum Gasteiger partial charge on any atom is -0.339 e. The second-order valence-electron chi connectivity index (χ2n) is 8.27. The molecule has 3 heterocycles. The SMILES string of the molecule is CC(=O)N1CCN(C(=O)CSc2nnc(-c3cccnc3)n2-c2ccccc2C(C)C)CC1. The fraction of sp³-hybridized carbons (Fsp3) is 0.375. The molecule has 1 aliphatic heterocycles. The molecule has 1 aromatic carbocycles. The van der Waals surface area contributed by atoms with Crippen LogP contribution in [0.2, 0.25) is 0 Å². The predicted octanol–water partition coefficient (Wildman–Crippen LogP) is 3.24. The van der Waals surface area contributed by atoms with Crippen molar-refractivity contribution in [3.63, 3.8) is 0 Å². The third-order valence-corrected chi connectivity index (χ3v) is 6.67. The van der Waals surface area contributed by atoms with Crippen molar-refractivity contribution in [1.29, 1.82) is 0 Å². The number of hydrogen-bond acceptors (Lipinski definition) is 6. The Labute approximate surface area is 198 Å². The van der Waals surface area contributed by atoms with E-state index in [1.54, 1.807) is 24.2 Å². The van der Waals surface area contributed by atoms with Crippen molar-refractivity contribution in [3.8, 4) is 17.1 Å². The minimum atomic E-state index is 0.0397. The average Bonchev–Trinajstić information content (AvgIpc) is 3.27. The van der Waals surface area contributed by atoms with Crippen molar-refractivity contribution >= 4 is 23.6 Å². The topological polar surface area (TPSA) is 84.2 Å². The van der Waals surface area contributed by atoms with Gasteiger partial charge in [-0.1, -0.05) is 43.8 Å². The molecule has 8 nitrogen and oxygen atoms in total. The first-order valence-corrected chi connectivity index (χ1v) is 12.1. The van der Waals surface area contributed by atoms with Crippen molar-refractivity contribution in [2.75, 3.05) is 31.9 Å². The monoisotopic (exact) mass is 464 g/mol. The van der Waals surface area contributed by atoms with Gasteiger partial charge < -0.3 is 9.80 Å². The van der Waals surface area contributed by atoms with Gasteiger partial charge in [0, 0.05) is 51.1 Å². The molecule has 2 amide bonds. The largest absolute Gasteiger partial charge is 0.339 e. The molecule has 0 N–H and O–H groups in total. The van der Waals surface area contributed by atoms with Gasteiger partial charge in [-0.25, -0.2) is 0 Å². The zero-order valence-corrected chi connectivity index (χ0v) is 20.0. The Hall–Kier alpha value is -3.20. The van der Waals surface area contributed by atoms with Gasteiger partial charge in [0.2, 0.25) is 11.8 Å². The molecule has 1 fully saturated rings. The van der Waals surface area contributed by atoms with E-state index in [0.29, 0.717) is 43.1 Å². The summed E-state index contributed by atoms with van der Waals surface area (Å²) in [5.74, 6) is 1.35. The second kappa shape index (κ2) is 10.2. The highest BCUT2D eigenvalue weighted by molar-refractivity contribution is 7.99. The van der Waals surface area contributed by atoms with Crippen molar-refractivity contribution < 1.29 is 9.59 Å². The smallest absolute Gasteiger partial charge is 0.233 e. The molecule has 1 aliphatic rings. The number of pyridine rings is 1. The average molecular weight is 465 g/mol. The fourth-order valence-electron chi connectivity index (χ4n) is 3.93. The number of aromatic nitrogens is 4. The highest BCUT2D eigenvalue weighted by atomic mass is 32.2. The Kier molecular flexibility index (Phi) is 7.08. The summed E-state index contributed by atoms with van der Waals surface area (Å²) in [4.78, 5) is 32.3. The first-order valence-electron chi connectivity index (χ1n) is 11.1. The molecule has 33 heavy (non-hydrogen) atoms. The quantitative estimate of drug-likeness (QED) is 0.521. The molecular weight excluding hydrogens is 436 g/mol. The Bertz CT molecular complexity index is 1120. The van der Waals surface area contributed by atoms with Crippen molar-refractivity contribution in [3.05, 3.63) is 54.4 Å². The summed E-state index contributed by atoms with van der Waals surface area (Å²) in [7, 11) is 0. The van der Waals surface area contributed by atoms with Crippen LogP contribution in [0.3, 0.4) is 0 Å². The van der Waals surface area contributed by atoms with Crippen LogP contribution in [0.4, 0.5) is 0 Å². The third-order valence-electron chi connectivity index (χ3n) is 5.76. The number of benzene rings is 1. The van der Waals surface area contributed by atoms with Crippen LogP contribution in [0, 0.1) is 0 Å². The van der Waals surface area contributed by atoms with Gasteiger partial charge in [0.1, 0.15) is 0 Å². The molecule has 0 saturated carbocycles. The molecule has 9 heteroatoms. The molecule has 2 aromatic heterocycles. The van der Waals surface area contributed by atoms with Crippen LogP contribution in [0.25, 0.3) is 17.1 Å². The van der Waals surface area contributed by atoms with E-state index in [1.807, 2.05) is 33.7 Å². The maximum atomic E-state index is 12.9. The van der Waals surface area contributed by atoms with Crippen LogP contribution in [0.5, 0.6) is 0 Å². The summed E-state index contributed by atoms with van der Waals surface area (Å²) in [6, 6.07) is 12.0. The normalized spacial score (nSPS) is 14.1. The van der Waals surface area contributed by atoms with E-state index in [2.05, 4.69) is 41.2 Å². The van der Waals surface area contributed by atoms with Gasteiger partial charge in [0.05, 0.1) is 11.4 Å². The van der Waals surface area contributed by atoms with E-state index in [0.717, 1.165) is 11.3 Å². The minimum absolute atomic E-state index is 0.0397. The summed E-state index contributed by atoms with van der Waals surface area (Å²) in [5, 5.41) is 9.58. The van der Waals surface area contributed by atoms with E-state index in [1.165, 1.54) is 17.3 Å². The van der Waals surface area contributed by atoms with Crippen LogP contribution in [0.1, 0.15) is 32.3 Å². The van der Waals surface area contributed by atoms with E-state index in [4.69, 9.17) is 0 Å². The highest BCUT2D eigenvalue weighted by Gasteiger charge is 2.24. The molecule has 3 aromatic rings. The first kappa shape index (κ1) is 23.0. The van der Waals surface area contributed by atoms with Gasteiger partial charge in [-0.3, -0.25) is 19.1 Å². The predicted molar refractivity (Wildman–Crippen MR) is 128 cm³/mol. The molecule has 0 unspecified atom stereocenters. The number of nitrogens with zero attached hydrogens (tertiary/aromatic N) is 6. The van der Waals surface area contributed by atoms with Crippen LogP contribution < -0.4 is 0 Å². The second-order valence-corrected chi connectivity index (χ2v) is 9.21. The molecule has 0 bridgehead atoms. The summed E-state index contributed by atoms with van der Waals surface area (Å²) in [6.07, 6.45) is 3.50. The lowest BCUT2D eigenvalue weighted by atomic mass is 10.0. The summed E-state index contributed by atoms with van der Waals surface area (Å²) < 4.78 is 2.03. The van der Waals surface area contributed by atoms with Gasteiger partial charge >= 0.3 is 0 Å². The number of para-hydroxylation sites is 1. The number of carbonyl (C=O) groups is 2. The Morgan fingerprint density at radius 2 is 1.73 bits per heavy atom. The lowest BCUT2D eigenvalue weighted by Gasteiger charge is -2.34. The summed E-state index contributed by atoms with van der Waals surface area (Å²) >= 11 is 1.38. The standard InChI is InChI=1S/C24H28N6O2S/c1-17(2)20-8-4-5-9-21(20)30-23(19-7-6-10-25-15-19)26-27-24(30)33-16-22(32)29-13-11-28(12-14-29)18(3)31/h4-10,15,17H,11-14,16H2,1-3H3. The lowest BCUT2D eigenvalue weighted by molar-refractivity contribution is -0.136. The Morgan fingerprint density at radius 1 is 1.00 bits per heavy atom. The van der Waals surface area contributed by atoms with E-state index >= 15 is 0 Å². The molecule has 0 aliphatic carbocycles. The van der Waals surface area contributed by atoms with Gasteiger partial charge in [0.15, 0.2) is 11.0 Å². The number of carbonyl (C=O) groups excluding carboxylic acids is 2. The maximum absolute atomic E-state index is 12.9. The molecule has 172 valence electrons. The number of piperazine rings is 1. The molecule has 1 saturated heterocycles. The number of rotatable bonds is 6. The highest BCUT2D eigenvalue weighted by Crippen LogP contribution is 2.32. The Morgan fingerprint density at radius 3 is 2.39 bits per heavy atom. The third kappa shape index (κ3) is 5.08. The van der Waals surface area contributed by atoms with E-state index in [-0.39, 0.29) is 17.6 Å². The Balaban J connectivity index is 1.60. The van der Waals surface area contributed by atoms with Crippen LogP contribution in [-0.2, 0) is 9.59 Å². The van der Waals surface area contributed by atoms with Gasteiger partial charge in [0.25, 0.3) is 0 Å². The molecule has 4 rings (SSSR count). The van der Waals surface area contributed by atoms with Crippen LogP contribution >= 0.6 is 11.8 Å². The van der Waals surface area contributed by atoms with Crippen LogP contribution in [-0.4, -0.2) is 73.3 Å². The van der Waals surface area contributed by atoms with Crippen LogP contribution in [0.15, 0.2) is 53.9 Å². The summed E-state index contributed by atoms with van der Waals surface area (Å²) in [6.45, 7) is 8.15. The summed E-state index contributed by atoms with van der Waals surface area (Å²) in [5.41, 5.74) is 3.04. The van der Waals surface area contributed by atoms with Crippen molar-refractivity contribution in [2.45, 2.75) is 31.8 Å². The zero-order chi connectivity index (χ0) is 23.4. The lowest BCUT2D eigenvalue weighted by Crippen LogP contribution is -2.50. The van der Waals surface area contributed by atoms with E-state index < -0.39 is 0 Å². The maximum Gasteiger partial charge on any atom is 0.233 e. The molecule has 0 radical (unpaired) electrons. The fourth-order valence-corrected chi connectivity index (χ4v) is 4.78. The molecule has 0 atom stereocenters. The van der Waals surface area contributed by atoms with Gasteiger partial charge in [-0.05, 0) is 29.7 Å². The number of amides is 2. The zero-order valence-electron chi connectivity index (χ0n) is 19.1. The van der Waals surface area contributed by atoms with Gasteiger partial charge in [-0.2, -0.15) is 0 Å². The van der Waals surface area contributed by atoms with Gasteiger partial charge in [-0.15, -0.1) is 10.2 Å². The van der Waals surface area contributed by atoms with Crippen molar-refractivity contribution in [2.24, 2.45) is 0 Å². The van der Waals surface area contributed by atoms with Crippen molar-refractivity contribution in [1.82, 2.24) is 29.5 Å². The number of hydrogen-bond donors (Lipinski definition) is 0. The molecule has 0 spiro atoms.